The Kier molecular flexibility index (Phi) is 12.5. The molecule has 0 aromatic rings. The summed E-state index contributed by atoms with van der Waals surface area (Å²) in [5, 5.41) is 3.87. The van der Waals surface area contributed by atoms with E-state index in [1.54, 1.807) is 0 Å². The van der Waals surface area contributed by atoms with Gasteiger partial charge in [0.05, 0.1) is 0 Å². The van der Waals surface area contributed by atoms with E-state index in [1.807, 2.05) is 0 Å². The fraction of sp³-hybridized carbons (Fsp3) is 0.938. The first-order valence-electron chi connectivity index (χ1n) is 8.38. The van der Waals surface area contributed by atoms with E-state index in [-0.39, 0.29) is 0 Å². The van der Waals surface area contributed by atoms with Gasteiger partial charge in [-0.15, -0.1) is 0 Å². The predicted molar refractivity (Wildman–Crippen MR) is 77.9 cm³/mol. The molecule has 0 heterocycles. The molecule has 0 aromatic heterocycles. The van der Waals surface area contributed by atoms with Crippen molar-refractivity contribution < 1.29 is 9.90 Å². The molecule has 0 aliphatic heterocycles. The van der Waals surface area contributed by atoms with Gasteiger partial charge in [-0.2, -0.15) is 0 Å². The molecule has 0 aliphatic carbocycles. The molecule has 2 nitrogen and oxygen atoms in total. The van der Waals surface area contributed by atoms with Gasteiger partial charge in [-0.25, -0.2) is 0 Å². The van der Waals surface area contributed by atoms with E-state index in [0.29, 0.717) is 6.42 Å². The fourth-order valence-corrected chi connectivity index (χ4v) is 2.29. The highest BCUT2D eigenvalue weighted by molar-refractivity contribution is 5.66. The molecule has 1 N–H and O–H groups in total. The van der Waals surface area contributed by atoms with Gasteiger partial charge in [0.2, 0.25) is 0 Å². The number of hydrogen-bond donors (Lipinski definition) is 1. The molecule has 0 rings (SSSR count). The van der Waals surface area contributed by atoms with Gasteiger partial charge in [-0.1, -0.05) is 84.0 Å². The number of carboxylic acids is 1. The van der Waals surface area contributed by atoms with Crippen LogP contribution in [0.25, 0.3) is 1.43 Å². The smallest absolute Gasteiger partial charge is 0.303 e. The molecule has 0 bridgehead atoms. The Labute approximate surface area is 115 Å². The summed E-state index contributed by atoms with van der Waals surface area (Å²) in [6.45, 7) is 2.26. The van der Waals surface area contributed by atoms with Gasteiger partial charge in [0.25, 0.3) is 1.43 Å². The van der Waals surface area contributed by atoms with Gasteiger partial charge in [0.15, 0.2) is 0 Å². The first kappa shape index (κ1) is 15.5. The molecule has 0 fully saturated rings. The molecule has 0 unspecified atom stereocenters. The molecule has 0 radical (unpaired) electrons. The number of unbranched alkanes of at least 4 members (excludes halogenated alkanes) is 12. The van der Waals surface area contributed by atoms with E-state index in [0.717, 1.165) is 12.8 Å². The van der Waals surface area contributed by atoms with Crippen LogP contribution in [0.4, 0.5) is 0 Å². The monoisotopic (exact) mass is 257 g/mol. The van der Waals surface area contributed by atoms with Crippen molar-refractivity contribution in [3.8, 4) is 0 Å². The predicted octanol–water partition coefficient (Wildman–Crippen LogP) is 5.55. The van der Waals surface area contributed by atoms with Crippen LogP contribution in [0.5, 0.6) is 0 Å². The highest BCUT2D eigenvalue weighted by Crippen LogP contribution is 2.12. The minimum absolute atomic E-state index is 0.400. The van der Waals surface area contributed by atoms with Gasteiger partial charge < -0.3 is 5.11 Å². The molecule has 0 saturated carbocycles. The van der Waals surface area contributed by atoms with Crippen molar-refractivity contribution in [3.05, 3.63) is 0 Å². The number of rotatable bonds is 14. The second-order valence-corrected chi connectivity index (χ2v) is 5.36. The van der Waals surface area contributed by atoms with Crippen LogP contribution in [0, 0.1) is 0 Å². The first-order chi connectivity index (χ1) is 9.31. The number of carbonyl (C=O) groups is 1. The van der Waals surface area contributed by atoms with E-state index in [4.69, 9.17) is 1.43 Å². The SMILES string of the molecule is [2H]OC(=O)CCCCCCCCCCCCCCC. The molecule has 0 atom stereocenters. The molecule has 0 amide bonds. The Bertz CT molecular complexity index is 195. The van der Waals surface area contributed by atoms with E-state index in [1.165, 1.54) is 70.6 Å². The fourth-order valence-electron chi connectivity index (χ4n) is 2.29. The molecular weight excluding hydrogens is 224 g/mol. The average Bonchev–Trinajstić information content (AvgIpc) is 2.43. The molecule has 0 saturated heterocycles. The van der Waals surface area contributed by atoms with Gasteiger partial charge >= 0.3 is 5.97 Å². The second kappa shape index (κ2) is 14.5. The third-order valence-corrected chi connectivity index (χ3v) is 3.48. The second-order valence-electron chi connectivity index (χ2n) is 5.36. The molecule has 0 aliphatic rings. The third-order valence-electron chi connectivity index (χ3n) is 3.48. The van der Waals surface area contributed by atoms with E-state index in [9.17, 15) is 4.79 Å². The summed E-state index contributed by atoms with van der Waals surface area (Å²) in [5.74, 6) is -0.400. The maximum atomic E-state index is 10.7. The van der Waals surface area contributed by atoms with Gasteiger partial charge in [-0.05, 0) is 6.42 Å². The average molecular weight is 257 g/mol. The van der Waals surface area contributed by atoms with Crippen molar-refractivity contribution in [3.63, 3.8) is 0 Å². The Morgan fingerprint density at radius 2 is 1.17 bits per heavy atom. The summed E-state index contributed by atoms with van der Waals surface area (Å²) >= 11 is 0. The molecule has 0 spiro atoms. The van der Waals surface area contributed by atoms with Gasteiger partial charge in [-0.3, -0.25) is 4.79 Å². The molecule has 108 valence electrons. The summed E-state index contributed by atoms with van der Waals surface area (Å²) in [5.41, 5.74) is 0. The number of aliphatic carboxylic acids is 1. The largest absolute Gasteiger partial charge is 0.481 e. The topological polar surface area (TPSA) is 37.3 Å². The highest BCUT2D eigenvalue weighted by atomic mass is 16.4. The van der Waals surface area contributed by atoms with Crippen molar-refractivity contribution in [2.75, 3.05) is 0 Å². The van der Waals surface area contributed by atoms with E-state index in [2.05, 4.69) is 12.0 Å². The zero-order valence-electron chi connectivity index (χ0n) is 13.2. The highest BCUT2D eigenvalue weighted by Gasteiger charge is 1.96. The zero-order chi connectivity index (χ0) is 14.2. The summed E-state index contributed by atoms with van der Waals surface area (Å²) in [6.07, 6.45) is 17.3. The van der Waals surface area contributed by atoms with Crippen LogP contribution in [0.2, 0.25) is 0 Å². The van der Waals surface area contributed by atoms with Crippen molar-refractivity contribution in [2.45, 2.75) is 96.8 Å². The van der Waals surface area contributed by atoms with Crippen molar-refractivity contribution >= 4 is 5.97 Å². The molecular formula is C16H32O2. The maximum Gasteiger partial charge on any atom is 0.303 e. The molecule has 18 heavy (non-hydrogen) atoms. The Balaban J connectivity index is 2.97. The lowest BCUT2D eigenvalue weighted by Crippen LogP contribution is -1.93. The summed E-state index contributed by atoms with van der Waals surface area (Å²) in [7, 11) is 0. The maximum absolute atomic E-state index is 10.7. The Morgan fingerprint density at radius 1 is 0.778 bits per heavy atom. The van der Waals surface area contributed by atoms with Crippen LogP contribution in [0.1, 0.15) is 96.8 Å². The number of carboxylic acid groups (broad SMARTS) is 1. The van der Waals surface area contributed by atoms with Crippen LogP contribution in [0.3, 0.4) is 0 Å². The lowest BCUT2D eigenvalue weighted by atomic mass is 10.0. The third kappa shape index (κ3) is 15.5. The normalized spacial score (nSPS) is 11.3. The van der Waals surface area contributed by atoms with Crippen LogP contribution in [0.15, 0.2) is 0 Å². The summed E-state index contributed by atoms with van der Waals surface area (Å²) < 4.78 is 6.42. The van der Waals surface area contributed by atoms with Crippen molar-refractivity contribution in [1.82, 2.24) is 0 Å². The van der Waals surface area contributed by atoms with E-state index < -0.39 is 5.97 Å². The molecule has 0 aromatic carbocycles. The molecule has 2 heteroatoms. The van der Waals surface area contributed by atoms with Gasteiger partial charge in [0.1, 0.15) is 0 Å². The van der Waals surface area contributed by atoms with Crippen molar-refractivity contribution in [1.29, 1.82) is 1.43 Å². The minimum Gasteiger partial charge on any atom is -0.481 e. The van der Waals surface area contributed by atoms with Crippen molar-refractivity contribution in [2.24, 2.45) is 0 Å². The zero-order valence-corrected chi connectivity index (χ0v) is 12.2. The Morgan fingerprint density at radius 3 is 1.56 bits per heavy atom. The van der Waals surface area contributed by atoms with Crippen LogP contribution < -0.4 is 0 Å². The standard InChI is InChI=1S/C16H32O2/c1-2-3-4-5-6-7-8-9-10-11-12-13-14-15-16(17)18/h2-15H2,1H3,(H,17,18)/i/hD. The van der Waals surface area contributed by atoms with Gasteiger partial charge in [0, 0.05) is 6.42 Å². The van der Waals surface area contributed by atoms with Crippen LogP contribution >= 0.6 is 0 Å². The summed E-state index contributed by atoms with van der Waals surface area (Å²) in [6, 6.07) is 0. The summed E-state index contributed by atoms with van der Waals surface area (Å²) in [4.78, 5) is 10.7. The minimum atomic E-state index is -0.400. The van der Waals surface area contributed by atoms with Crippen LogP contribution in [-0.2, 0) is 4.79 Å². The number of hydrogen-bond acceptors (Lipinski definition) is 2. The lowest BCUT2D eigenvalue weighted by molar-refractivity contribution is -0.137. The Hall–Kier alpha value is -0.530. The first-order valence-corrected chi connectivity index (χ1v) is 7.97. The lowest BCUT2D eigenvalue weighted by Gasteiger charge is -2.02. The van der Waals surface area contributed by atoms with Crippen LogP contribution in [-0.4, -0.2) is 11.1 Å². The quantitative estimate of drug-likeness (QED) is 0.414. The van der Waals surface area contributed by atoms with E-state index >= 15 is 0 Å².